The molecule has 2 aromatic rings. The second-order valence-electron chi connectivity index (χ2n) is 4.17. The summed E-state index contributed by atoms with van der Waals surface area (Å²) in [6.45, 7) is 0.169. The van der Waals surface area contributed by atoms with Crippen molar-refractivity contribution in [1.29, 1.82) is 5.26 Å². The van der Waals surface area contributed by atoms with Crippen LogP contribution in [0.1, 0.15) is 21.5 Å². The topological polar surface area (TPSA) is 85.0 Å². The third-order valence-electron chi connectivity index (χ3n) is 2.77. The van der Waals surface area contributed by atoms with Gasteiger partial charge in [-0.25, -0.2) is 9.78 Å². The third-order valence-corrected chi connectivity index (χ3v) is 2.99. The van der Waals surface area contributed by atoms with Crippen LogP contribution >= 0.6 is 11.6 Å². The van der Waals surface area contributed by atoms with Crippen molar-refractivity contribution < 1.29 is 9.53 Å². The Morgan fingerprint density at radius 1 is 1.52 bits per heavy atom. The van der Waals surface area contributed by atoms with Crippen molar-refractivity contribution >= 4 is 17.6 Å². The number of esters is 1. The van der Waals surface area contributed by atoms with Crippen molar-refractivity contribution in [2.24, 2.45) is 0 Å². The molecular weight excluding hydrogens is 294 g/mol. The molecule has 2 aromatic heterocycles. The number of carbonyl (C=O) groups excluding carboxylic acids is 1. The highest BCUT2D eigenvalue weighted by Gasteiger charge is 2.12. The van der Waals surface area contributed by atoms with E-state index in [0.29, 0.717) is 10.7 Å². The summed E-state index contributed by atoms with van der Waals surface area (Å²) in [7, 11) is 1.23. The van der Waals surface area contributed by atoms with Crippen LogP contribution in [0.25, 0.3) is 0 Å². The quantitative estimate of drug-likeness (QED) is 0.635. The van der Waals surface area contributed by atoms with Crippen LogP contribution in [0.5, 0.6) is 0 Å². The van der Waals surface area contributed by atoms with Crippen LogP contribution in [-0.2, 0) is 11.3 Å². The molecule has 0 radical (unpaired) electrons. The summed E-state index contributed by atoms with van der Waals surface area (Å²) in [5.74, 6) is -0.616. The molecule has 6 nitrogen and oxygen atoms in total. The molecule has 0 aliphatic rings. The first-order chi connectivity index (χ1) is 10.0. The van der Waals surface area contributed by atoms with Gasteiger partial charge in [0.2, 0.25) is 0 Å². The first-order valence-electron chi connectivity index (χ1n) is 5.88. The monoisotopic (exact) mass is 303 g/mol. The highest BCUT2D eigenvalue weighted by Crippen LogP contribution is 2.08. The highest BCUT2D eigenvalue weighted by molar-refractivity contribution is 6.29. The van der Waals surface area contributed by atoms with Gasteiger partial charge < -0.3 is 9.30 Å². The molecule has 21 heavy (non-hydrogen) atoms. The molecule has 0 atom stereocenters. The lowest BCUT2D eigenvalue weighted by atomic mass is 10.2. The van der Waals surface area contributed by atoms with Crippen molar-refractivity contribution in [1.82, 2.24) is 9.55 Å². The van der Waals surface area contributed by atoms with Crippen molar-refractivity contribution in [3.63, 3.8) is 0 Å². The van der Waals surface area contributed by atoms with Crippen molar-refractivity contribution in [3.05, 3.63) is 62.8 Å². The molecule has 0 spiro atoms. The van der Waals surface area contributed by atoms with Crippen molar-refractivity contribution in [3.8, 4) is 6.07 Å². The second-order valence-corrected chi connectivity index (χ2v) is 4.56. The van der Waals surface area contributed by atoms with E-state index in [1.807, 2.05) is 0 Å². The van der Waals surface area contributed by atoms with Gasteiger partial charge in [-0.15, -0.1) is 0 Å². The van der Waals surface area contributed by atoms with Crippen molar-refractivity contribution in [2.45, 2.75) is 6.54 Å². The minimum absolute atomic E-state index is 0.125. The maximum Gasteiger partial charge on any atom is 0.339 e. The van der Waals surface area contributed by atoms with E-state index in [-0.39, 0.29) is 17.7 Å². The van der Waals surface area contributed by atoms with Crippen LogP contribution in [0.4, 0.5) is 0 Å². The van der Waals surface area contributed by atoms with E-state index >= 15 is 0 Å². The fourth-order valence-corrected chi connectivity index (χ4v) is 1.87. The van der Waals surface area contributed by atoms with Gasteiger partial charge in [0.25, 0.3) is 5.56 Å². The first kappa shape index (κ1) is 14.8. The lowest BCUT2D eigenvalue weighted by molar-refractivity contribution is 0.0599. The number of carbonyl (C=O) groups is 1. The predicted octanol–water partition coefficient (Wildman–Crippen LogP) is 1.60. The van der Waals surface area contributed by atoms with Crippen molar-refractivity contribution in [2.75, 3.05) is 7.11 Å². The third kappa shape index (κ3) is 3.27. The molecule has 7 heteroatoms. The van der Waals surface area contributed by atoms with E-state index in [2.05, 4.69) is 9.72 Å². The molecule has 0 unspecified atom stereocenters. The molecule has 2 heterocycles. The van der Waals surface area contributed by atoms with Crippen LogP contribution in [0.3, 0.4) is 0 Å². The molecule has 0 N–H and O–H groups in total. The van der Waals surface area contributed by atoms with E-state index in [9.17, 15) is 9.59 Å². The van der Waals surface area contributed by atoms with Crippen LogP contribution in [0.15, 0.2) is 35.4 Å². The molecule has 0 fully saturated rings. The normalized spacial score (nSPS) is 9.95. The fourth-order valence-electron chi connectivity index (χ4n) is 1.76. The maximum absolute atomic E-state index is 12.1. The summed E-state index contributed by atoms with van der Waals surface area (Å²) in [6, 6.07) is 6.29. The highest BCUT2D eigenvalue weighted by atomic mass is 35.5. The van der Waals surface area contributed by atoms with Crippen LogP contribution in [0, 0.1) is 11.3 Å². The van der Waals surface area contributed by atoms with Gasteiger partial charge in [0.05, 0.1) is 19.2 Å². The SMILES string of the molecule is COC(=O)c1cc(C#N)c(=O)n(Cc2ccc(Cl)nc2)c1. The first-order valence-corrected chi connectivity index (χ1v) is 6.26. The molecule has 0 aromatic carbocycles. The summed E-state index contributed by atoms with van der Waals surface area (Å²) in [5, 5.41) is 9.32. The Kier molecular flexibility index (Phi) is 4.36. The molecular formula is C14H10ClN3O3. The number of nitriles is 1. The largest absolute Gasteiger partial charge is 0.465 e. The zero-order valence-electron chi connectivity index (χ0n) is 11.0. The number of rotatable bonds is 3. The number of ether oxygens (including phenoxy) is 1. The standard InChI is InChI=1S/C14H10ClN3O3/c1-21-14(20)11-4-10(5-16)13(19)18(8-11)7-9-2-3-12(15)17-6-9/h2-4,6,8H,7H2,1H3. The number of hydrogen-bond donors (Lipinski definition) is 0. The average Bonchev–Trinajstić information content (AvgIpc) is 2.50. The lowest BCUT2D eigenvalue weighted by Gasteiger charge is -2.08. The minimum Gasteiger partial charge on any atom is -0.465 e. The maximum atomic E-state index is 12.1. The lowest BCUT2D eigenvalue weighted by Crippen LogP contribution is -2.24. The summed E-state index contributed by atoms with van der Waals surface area (Å²) in [4.78, 5) is 27.6. The number of pyridine rings is 2. The Balaban J connectivity index is 2.47. The Bertz CT molecular complexity index is 776. The van der Waals surface area contributed by atoms with Crippen LogP contribution in [0.2, 0.25) is 5.15 Å². The van der Waals surface area contributed by atoms with Crippen LogP contribution < -0.4 is 5.56 Å². The van der Waals surface area contributed by atoms with Gasteiger partial charge in [-0.2, -0.15) is 5.26 Å². The van der Waals surface area contributed by atoms with E-state index in [1.165, 1.54) is 30.1 Å². The van der Waals surface area contributed by atoms with Gasteiger partial charge >= 0.3 is 5.97 Å². The fraction of sp³-hybridized carbons (Fsp3) is 0.143. The van der Waals surface area contributed by atoms with E-state index in [1.54, 1.807) is 18.2 Å². The zero-order chi connectivity index (χ0) is 15.4. The predicted molar refractivity (Wildman–Crippen MR) is 75.1 cm³/mol. The Labute approximate surface area is 125 Å². The average molecular weight is 304 g/mol. The molecule has 0 saturated heterocycles. The second kappa shape index (κ2) is 6.20. The Hall–Kier alpha value is -2.65. The Morgan fingerprint density at radius 3 is 2.86 bits per heavy atom. The Morgan fingerprint density at radius 2 is 2.29 bits per heavy atom. The summed E-state index contributed by atoms with van der Waals surface area (Å²) in [5.41, 5.74) is 0.239. The zero-order valence-corrected chi connectivity index (χ0v) is 11.8. The van der Waals surface area contributed by atoms with E-state index in [0.717, 1.165) is 0 Å². The molecule has 106 valence electrons. The summed E-state index contributed by atoms with van der Waals surface area (Å²) < 4.78 is 5.86. The summed E-state index contributed by atoms with van der Waals surface area (Å²) >= 11 is 5.70. The molecule has 0 aliphatic heterocycles. The smallest absolute Gasteiger partial charge is 0.339 e. The van der Waals surface area contributed by atoms with Crippen LogP contribution in [-0.4, -0.2) is 22.6 Å². The number of halogens is 1. The molecule has 0 bridgehead atoms. The van der Waals surface area contributed by atoms with Gasteiger partial charge in [-0.1, -0.05) is 17.7 Å². The van der Waals surface area contributed by atoms with E-state index in [4.69, 9.17) is 16.9 Å². The number of methoxy groups -OCH3 is 1. The molecule has 2 rings (SSSR count). The van der Waals surface area contributed by atoms with Gasteiger partial charge in [0, 0.05) is 12.4 Å². The van der Waals surface area contributed by atoms with Gasteiger partial charge in [0.1, 0.15) is 16.8 Å². The number of aromatic nitrogens is 2. The van der Waals surface area contributed by atoms with Gasteiger partial charge in [0.15, 0.2) is 0 Å². The number of hydrogen-bond acceptors (Lipinski definition) is 5. The number of nitrogens with zero attached hydrogens (tertiary/aromatic N) is 3. The van der Waals surface area contributed by atoms with Gasteiger partial charge in [-0.05, 0) is 17.7 Å². The molecule has 0 amide bonds. The van der Waals surface area contributed by atoms with E-state index < -0.39 is 11.5 Å². The summed E-state index contributed by atoms with van der Waals surface area (Å²) in [6.07, 6.45) is 2.87. The van der Waals surface area contributed by atoms with Gasteiger partial charge in [-0.3, -0.25) is 4.79 Å². The molecule has 0 saturated carbocycles. The minimum atomic E-state index is -0.616. The molecule has 0 aliphatic carbocycles.